The summed E-state index contributed by atoms with van der Waals surface area (Å²) >= 11 is 5.76. The summed E-state index contributed by atoms with van der Waals surface area (Å²) in [6.45, 7) is 2.43. The molecule has 1 fully saturated rings. The molecule has 17 heavy (non-hydrogen) atoms. The lowest BCUT2D eigenvalue weighted by atomic mass is 10.0. The highest BCUT2D eigenvalue weighted by molar-refractivity contribution is 6.30. The molecular formula is C12H16ClFN2O. The molecule has 1 heterocycles. The van der Waals surface area contributed by atoms with Crippen molar-refractivity contribution in [3.8, 4) is 0 Å². The number of β-amino-alcohol motifs (C(OH)–C–C–N with tert-alkyl or cyclic N) is 1. The molecule has 5 heteroatoms. The number of aliphatic hydroxyl groups is 1. The van der Waals surface area contributed by atoms with Crippen molar-refractivity contribution < 1.29 is 9.50 Å². The molecule has 0 aliphatic carbocycles. The van der Waals surface area contributed by atoms with Crippen molar-refractivity contribution in [2.75, 3.05) is 19.6 Å². The minimum atomic E-state index is -0.683. The maximum atomic E-state index is 13.1. The van der Waals surface area contributed by atoms with Gasteiger partial charge in [-0.3, -0.25) is 0 Å². The lowest BCUT2D eigenvalue weighted by Crippen LogP contribution is -2.42. The average molecular weight is 259 g/mol. The van der Waals surface area contributed by atoms with Crippen LogP contribution in [-0.4, -0.2) is 30.3 Å². The van der Waals surface area contributed by atoms with Crippen LogP contribution in [0.15, 0.2) is 18.2 Å². The van der Waals surface area contributed by atoms with Crippen LogP contribution < -0.4 is 10.6 Å². The van der Waals surface area contributed by atoms with Gasteiger partial charge in [-0.2, -0.15) is 0 Å². The third-order valence-corrected chi connectivity index (χ3v) is 3.14. The fourth-order valence-electron chi connectivity index (χ4n) is 2.03. The van der Waals surface area contributed by atoms with Gasteiger partial charge in [0.15, 0.2) is 0 Å². The van der Waals surface area contributed by atoms with E-state index in [4.69, 9.17) is 11.6 Å². The molecule has 1 unspecified atom stereocenters. The molecule has 3 N–H and O–H groups in total. The van der Waals surface area contributed by atoms with Gasteiger partial charge in [-0.25, -0.2) is 4.39 Å². The summed E-state index contributed by atoms with van der Waals surface area (Å²) in [4.78, 5) is 0. The molecule has 1 atom stereocenters. The molecule has 0 aromatic heterocycles. The molecule has 1 aliphatic heterocycles. The number of hydrogen-bond acceptors (Lipinski definition) is 3. The van der Waals surface area contributed by atoms with E-state index in [1.54, 1.807) is 6.07 Å². The first kappa shape index (κ1) is 12.8. The Hall–Kier alpha value is -0.680. The minimum absolute atomic E-state index is 0.337. The highest BCUT2D eigenvalue weighted by Gasteiger charge is 2.30. The Bertz CT molecular complexity index is 374. The second kappa shape index (κ2) is 5.31. The predicted octanol–water partition coefficient (Wildman–Crippen LogP) is 1.29. The second-order valence-electron chi connectivity index (χ2n) is 4.53. The lowest BCUT2D eigenvalue weighted by Gasteiger charge is -2.21. The van der Waals surface area contributed by atoms with Gasteiger partial charge in [-0.15, -0.1) is 0 Å². The smallest absolute Gasteiger partial charge is 0.125 e. The molecule has 3 nitrogen and oxygen atoms in total. The van der Waals surface area contributed by atoms with Crippen LogP contribution in [0.5, 0.6) is 0 Å². The third kappa shape index (κ3) is 3.64. The van der Waals surface area contributed by atoms with Crippen molar-refractivity contribution in [3.63, 3.8) is 0 Å². The quantitative estimate of drug-likeness (QED) is 0.763. The van der Waals surface area contributed by atoms with Crippen molar-refractivity contribution in [2.45, 2.75) is 18.6 Å². The van der Waals surface area contributed by atoms with Crippen LogP contribution in [0.2, 0.25) is 5.02 Å². The van der Waals surface area contributed by atoms with Crippen LogP contribution in [0.3, 0.4) is 0 Å². The number of nitrogens with one attached hydrogen (secondary N) is 2. The maximum absolute atomic E-state index is 13.1. The fourth-order valence-corrected chi connectivity index (χ4v) is 2.28. The lowest BCUT2D eigenvalue weighted by molar-refractivity contribution is 0.0609. The molecule has 1 aromatic rings. The molecule has 1 aliphatic rings. The largest absolute Gasteiger partial charge is 0.387 e. The van der Waals surface area contributed by atoms with Crippen LogP contribution in [0, 0.1) is 5.82 Å². The van der Waals surface area contributed by atoms with Crippen LogP contribution >= 0.6 is 11.6 Å². The van der Waals surface area contributed by atoms with Gasteiger partial charge in [-0.05, 0) is 36.7 Å². The standard InChI is InChI=1S/C12H16ClFN2O/c13-10-3-9(4-11(14)5-10)6-16-8-12(17)1-2-15-7-12/h3-5,15-17H,1-2,6-8H2. The number of benzene rings is 1. The molecule has 0 saturated carbocycles. The summed E-state index contributed by atoms with van der Waals surface area (Å²) in [5.41, 5.74) is 0.0986. The Morgan fingerprint density at radius 2 is 2.29 bits per heavy atom. The first-order chi connectivity index (χ1) is 8.07. The minimum Gasteiger partial charge on any atom is -0.387 e. The molecule has 1 saturated heterocycles. The zero-order chi connectivity index (χ0) is 12.3. The molecule has 0 radical (unpaired) electrons. The Kier molecular flexibility index (Phi) is 3.99. The highest BCUT2D eigenvalue weighted by Crippen LogP contribution is 2.15. The fraction of sp³-hybridized carbons (Fsp3) is 0.500. The summed E-state index contributed by atoms with van der Waals surface area (Å²) in [5.74, 6) is -0.337. The average Bonchev–Trinajstić information content (AvgIpc) is 2.64. The van der Waals surface area contributed by atoms with E-state index in [0.717, 1.165) is 18.5 Å². The van der Waals surface area contributed by atoms with Gasteiger partial charge in [0.2, 0.25) is 0 Å². The number of hydrogen-bond donors (Lipinski definition) is 3. The maximum Gasteiger partial charge on any atom is 0.125 e. The number of rotatable bonds is 4. The van der Waals surface area contributed by atoms with Crippen LogP contribution in [-0.2, 0) is 6.54 Å². The van der Waals surface area contributed by atoms with Gasteiger partial charge in [0.1, 0.15) is 5.82 Å². The van der Waals surface area contributed by atoms with E-state index in [0.29, 0.717) is 24.7 Å². The van der Waals surface area contributed by atoms with Gasteiger partial charge in [0.05, 0.1) is 5.60 Å². The zero-order valence-electron chi connectivity index (χ0n) is 9.47. The van der Waals surface area contributed by atoms with Crippen molar-refractivity contribution in [2.24, 2.45) is 0 Å². The summed E-state index contributed by atoms with van der Waals surface area (Å²) in [6, 6.07) is 4.43. The van der Waals surface area contributed by atoms with Crippen molar-refractivity contribution in [1.29, 1.82) is 0 Å². The normalized spacial score (nSPS) is 24.2. The molecule has 1 aromatic carbocycles. The molecule has 0 amide bonds. The third-order valence-electron chi connectivity index (χ3n) is 2.93. The van der Waals surface area contributed by atoms with Gasteiger partial charge < -0.3 is 15.7 Å². The van der Waals surface area contributed by atoms with Crippen molar-refractivity contribution in [1.82, 2.24) is 10.6 Å². The van der Waals surface area contributed by atoms with E-state index in [1.807, 2.05) is 0 Å². The molecular weight excluding hydrogens is 243 g/mol. The SMILES string of the molecule is OC1(CNCc2cc(F)cc(Cl)c2)CCNC1. The first-order valence-corrected chi connectivity index (χ1v) is 6.04. The zero-order valence-corrected chi connectivity index (χ0v) is 10.2. The van der Waals surface area contributed by atoms with E-state index in [2.05, 4.69) is 10.6 Å². The summed E-state index contributed by atoms with van der Waals surface area (Å²) in [5, 5.41) is 16.7. The Balaban J connectivity index is 1.85. The first-order valence-electron chi connectivity index (χ1n) is 5.66. The van der Waals surface area contributed by atoms with Gasteiger partial charge in [0, 0.05) is 24.7 Å². The Labute approximate surface area is 105 Å². The predicted molar refractivity (Wildman–Crippen MR) is 65.6 cm³/mol. The van der Waals surface area contributed by atoms with Gasteiger partial charge in [0.25, 0.3) is 0 Å². The Morgan fingerprint density at radius 3 is 2.94 bits per heavy atom. The molecule has 2 rings (SSSR count). The van der Waals surface area contributed by atoms with E-state index < -0.39 is 5.60 Å². The van der Waals surface area contributed by atoms with Crippen molar-refractivity contribution in [3.05, 3.63) is 34.6 Å². The van der Waals surface area contributed by atoms with E-state index in [1.165, 1.54) is 12.1 Å². The highest BCUT2D eigenvalue weighted by atomic mass is 35.5. The van der Waals surface area contributed by atoms with Crippen molar-refractivity contribution >= 4 is 11.6 Å². The van der Waals surface area contributed by atoms with E-state index in [-0.39, 0.29) is 5.82 Å². The monoisotopic (exact) mass is 258 g/mol. The topological polar surface area (TPSA) is 44.3 Å². The van der Waals surface area contributed by atoms with Gasteiger partial charge >= 0.3 is 0 Å². The number of halogens is 2. The van der Waals surface area contributed by atoms with Crippen LogP contribution in [0.4, 0.5) is 4.39 Å². The molecule has 0 spiro atoms. The molecule has 94 valence electrons. The summed E-state index contributed by atoms with van der Waals surface area (Å²) < 4.78 is 13.1. The van der Waals surface area contributed by atoms with Crippen LogP contribution in [0.1, 0.15) is 12.0 Å². The van der Waals surface area contributed by atoms with Crippen LogP contribution in [0.25, 0.3) is 0 Å². The van der Waals surface area contributed by atoms with Gasteiger partial charge in [-0.1, -0.05) is 11.6 Å². The van der Waals surface area contributed by atoms with E-state index in [9.17, 15) is 9.50 Å². The molecule has 0 bridgehead atoms. The second-order valence-corrected chi connectivity index (χ2v) is 4.97. The van der Waals surface area contributed by atoms with E-state index >= 15 is 0 Å². The summed E-state index contributed by atoms with van der Waals surface area (Å²) in [7, 11) is 0. The Morgan fingerprint density at radius 1 is 1.47 bits per heavy atom. The summed E-state index contributed by atoms with van der Waals surface area (Å²) in [6.07, 6.45) is 0.740.